The Morgan fingerprint density at radius 1 is 1.08 bits per heavy atom. The number of hydrogen-bond donors (Lipinski definition) is 1. The van der Waals surface area contributed by atoms with E-state index in [4.69, 9.17) is 14.2 Å². The van der Waals surface area contributed by atoms with E-state index in [-0.39, 0.29) is 18.1 Å². The van der Waals surface area contributed by atoms with Crippen molar-refractivity contribution in [3.05, 3.63) is 71.3 Å². The first-order valence-electron chi connectivity index (χ1n) is 12.6. The summed E-state index contributed by atoms with van der Waals surface area (Å²) in [5.74, 6) is -0.548. The van der Waals surface area contributed by atoms with Crippen molar-refractivity contribution in [2.45, 2.75) is 13.3 Å². The Balaban J connectivity index is 1.45. The molecule has 1 amide bonds. The van der Waals surface area contributed by atoms with Gasteiger partial charge in [-0.1, -0.05) is 12.1 Å². The van der Waals surface area contributed by atoms with Crippen LogP contribution in [-0.4, -0.2) is 79.3 Å². The van der Waals surface area contributed by atoms with Crippen LogP contribution in [0.5, 0.6) is 5.75 Å². The van der Waals surface area contributed by atoms with Crippen LogP contribution in [0.25, 0.3) is 16.5 Å². The maximum atomic E-state index is 13.4. The van der Waals surface area contributed by atoms with E-state index in [2.05, 4.69) is 9.88 Å². The summed E-state index contributed by atoms with van der Waals surface area (Å²) in [6, 6.07) is 11.2. The first-order valence-corrected chi connectivity index (χ1v) is 12.6. The first kappa shape index (κ1) is 25.0. The summed E-state index contributed by atoms with van der Waals surface area (Å²) in [6.45, 7) is 6.89. The molecule has 0 saturated carbocycles. The Hall–Kier alpha value is -3.69. The molecule has 3 aromatic rings. The smallest absolute Gasteiger partial charge is 0.341 e. The molecule has 2 aliphatic heterocycles. The summed E-state index contributed by atoms with van der Waals surface area (Å²) in [4.78, 5) is 33.4. The summed E-state index contributed by atoms with van der Waals surface area (Å²) >= 11 is 0. The minimum Gasteiger partial charge on any atom is -0.490 e. The van der Waals surface area contributed by atoms with Gasteiger partial charge in [-0.3, -0.25) is 9.69 Å². The monoisotopic (exact) mass is 507 g/mol. The molecular formula is C28H30FN3O5. The molecule has 5 rings (SSSR count). The molecule has 0 unspecified atom stereocenters. The van der Waals surface area contributed by atoms with Crippen molar-refractivity contribution >= 4 is 28.4 Å². The predicted octanol–water partition coefficient (Wildman–Crippen LogP) is 3.62. The second kappa shape index (κ2) is 11.1. The number of para-hydroxylation sites is 1. The van der Waals surface area contributed by atoms with Gasteiger partial charge in [0.2, 0.25) is 0 Å². The molecule has 0 spiro atoms. The zero-order valence-electron chi connectivity index (χ0n) is 20.8. The number of ether oxygens (including phenoxy) is 3. The fraction of sp³-hybridized carbons (Fsp3) is 0.357. The molecule has 37 heavy (non-hydrogen) atoms. The third kappa shape index (κ3) is 5.38. The van der Waals surface area contributed by atoms with E-state index < -0.39 is 11.8 Å². The van der Waals surface area contributed by atoms with Gasteiger partial charge in [-0.15, -0.1) is 0 Å². The normalized spacial score (nSPS) is 16.2. The Labute approximate surface area is 214 Å². The molecule has 1 fully saturated rings. The number of hydrogen-bond acceptors (Lipinski definition) is 6. The number of nitrogens with one attached hydrogen (secondary N) is 1. The van der Waals surface area contributed by atoms with Gasteiger partial charge in [-0.2, -0.15) is 0 Å². The highest BCUT2D eigenvalue weighted by Crippen LogP contribution is 2.35. The molecule has 0 radical (unpaired) electrons. The molecule has 2 aromatic carbocycles. The van der Waals surface area contributed by atoms with E-state index in [0.717, 1.165) is 49.3 Å². The Bertz CT molecular complexity index is 1310. The van der Waals surface area contributed by atoms with Crippen LogP contribution in [0.1, 0.15) is 28.5 Å². The second-order valence-corrected chi connectivity index (χ2v) is 8.98. The number of nitrogens with zero attached hydrogens (tertiary/aromatic N) is 2. The fourth-order valence-corrected chi connectivity index (χ4v) is 4.77. The van der Waals surface area contributed by atoms with Crippen LogP contribution in [0.3, 0.4) is 0 Å². The van der Waals surface area contributed by atoms with Gasteiger partial charge in [0.05, 0.1) is 36.6 Å². The van der Waals surface area contributed by atoms with Crippen LogP contribution in [0.15, 0.2) is 48.7 Å². The lowest BCUT2D eigenvalue weighted by atomic mass is 10.0. The number of aromatic nitrogens is 1. The van der Waals surface area contributed by atoms with Crippen molar-refractivity contribution in [1.29, 1.82) is 0 Å². The number of rotatable bonds is 7. The average molecular weight is 508 g/mol. The number of carbonyl (C=O) groups is 2. The van der Waals surface area contributed by atoms with Crippen LogP contribution in [-0.2, 0) is 20.7 Å². The number of H-pyrrole nitrogens is 1. The Morgan fingerprint density at radius 3 is 2.62 bits per heavy atom. The molecule has 194 valence electrons. The molecule has 2 aliphatic rings. The van der Waals surface area contributed by atoms with E-state index in [0.29, 0.717) is 36.6 Å². The van der Waals surface area contributed by atoms with Crippen molar-refractivity contribution in [1.82, 2.24) is 14.8 Å². The molecule has 0 aliphatic carbocycles. The van der Waals surface area contributed by atoms with Gasteiger partial charge in [0, 0.05) is 43.3 Å². The van der Waals surface area contributed by atoms with Crippen molar-refractivity contribution in [3.63, 3.8) is 0 Å². The largest absolute Gasteiger partial charge is 0.490 e. The topological polar surface area (TPSA) is 84.1 Å². The number of aromatic amines is 1. The zero-order valence-corrected chi connectivity index (χ0v) is 20.8. The lowest BCUT2D eigenvalue weighted by Crippen LogP contribution is -2.38. The van der Waals surface area contributed by atoms with E-state index in [1.807, 2.05) is 18.2 Å². The van der Waals surface area contributed by atoms with E-state index in [1.54, 1.807) is 6.92 Å². The number of amides is 1. The SMILES string of the molecule is CCOC(=O)C1=CN(C(=O)c2ccc(F)cc2)CCc2c1[nH]c1c(OCCN3CCOCC3)cccc21. The molecule has 1 saturated heterocycles. The maximum absolute atomic E-state index is 13.4. The van der Waals surface area contributed by atoms with Crippen molar-refractivity contribution in [2.24, 2.45) is 0 Å². The number of benzene rings is 2. The van der Waals surface area contributed by atoms with Crippen LogP contribution >= 0.6 is 0 Å². The first-order chi connectivity index (χ1) is 18.0. The van der Waals surface area contributed by atoms with Crippen LogP contribution < -0.4 is 4.74 Å². The number of halogens is 1. The number of carbonyl (C=O) groups excluding carboxylic acids is 2. The van der Waals surface area contributed by atoms with Gasteiger partial charge in [0.1, 0.15) is 18.2 Å². The molecule has 0 atom stereocenters. The van der Waals surface area contributed by atoms with Crippen LogP contribution in [0.4, 0.5) is 4.39 Å². The molecule has 8 nitrogen and oxygen atoms in total. The highest BCUT2D eigenvalue weighted by atomic mass is 19.1. The summed E-state index contributed by atoms with van der Waals surface area (Å²) in [6.07, 6.45) is 2.04. The lowest BCUT2D eigenvalue weighted by Gasteiger charge is -2.26. The summed E-state index contributed by atoms with van der Waals surface area (Å²) in [5.41, 5.74) is 2.95. The summed E-state index contributed by atoms with van der Waals surface area (Å²) in [5, 5.41) is 0.935. The minimum absolute atomic E-state index is 0.202. The quantitative estimate of drug-likeness (QED) is 0.492. The Morgan fingerprint density at radius 2 is 1.86 bits per heavy atom. The van der Waals surface area contributed by atoms with E-state index in [9.17, 15) is 14.0 Å². The molecule has 0 bridgehead atoms. The Kier molecular flexibility index (Phi) is 7.52. The molecular weight excluding hydrogens is 477 g/mol. The van der Waals surface area contributed by atoms with E-state index in [1.165, 1.54) is 35.4 Å². The van der Waals surface area contributed by atoms with Gasteiger partial charge in [-0.05, 0) is 49.2 Å². The van der Waals surface area contributed by atoms with Gasteiger partial charge >= 0.3 is 5.97 Å². The highest BCUT2D eigenvalue weighted by molar-refractivity contribution is 6.18. The summed E-state index contributed by atoms with van der Waals surface area (Å²) in [7, 11) is 0. The minimum atomic E-state index is -0.524. The molecule has 1 aromatic heterocycles. The van der Waals surface area contributed by atoms with Gasteiger partial charge in [-0.25, -0.2) is 9.18 Å². The highest BCUT2D eigenvalue weighted by Gasteiger charge is 2.28. The third-order valence-corrected chi connectivity index (χ3v) is 6.68. The number of morpholine rings is 1. The van der Waals surface area contributed by atoms with Gasteiger partial charge < -0.3 is 24.1 Å². The maximum Gasteiger partial charge on any atom is 0.341 e. The molecule has 3 heterocycles. The fourth-order valence-electron chi connectivity index (χ4n) is 4.77. The molecule has 1 N–H and O–H groups in total. The van der Waals surface area contributed by atoms with E-state index >= 15 is 0 Å². The number of esters is 1. The standard InChI is InChI=1S/C28H30FN3O5/c1-2-36-28(34)23-18-32(27(33)19-6-8-20(29)9-7-19)11-10-22-21-4-3-5-24(26(21)30-25(22)23)37-17-14-31-12-15-35-16-13-31/h3-9,18,30H,2,10-17H2,1H3. The number of fused-ring (bicyclic) bond motifs is 3. The van der Waals surface area contributed by atoms with Gasteiger partial charge in [0.15, 0.2) is 0 Å². The predicted molar refractivity (Wildman–Crippen MR) is 137 cm³/mol. The van der Waals surface area contributed by atoms with Crippen molar-refractivity contribution in [3.8, 4) is 5.75 Å². The van der Waals surface area contributed by atoms with Crippen molar-refractivity contribution < 1.29 is 28.2 Å². The third-order valence-electron chi connectivity index (χ3n) is 6.68. The average Bonchev–Trinajstić information content (AvgIpc) is 3.17. The lowest BCUT2D eigenvalue weighted by molar-refractivity contribution is -0.136. The van der Waals surface area contributed by atoms with Crippen LogP contribution in [0, 0.1) is 5.82 Å². The van der Waals surface area contributed by atoms with Gasteiger partial charge in [0.25, 0.3) is 5.91 Å². The zero-order chi connectivity index (χ0) is 25.8. The summed E-state index contributed by atoms with van der Waals surface area (Å²) < 4.78 is 30.3. The second-order valence-electron chi connectivity index (χ2n) is 8.98. The van der Waals surface area contributed by atoms with Crippen molar-refractivity contribution in [2.75, 3.05) is 52.6 Å². The molecule has 9 heteroatoms. The van der Waals surface area contributed by atoms with Crippen LogP contribution in [0.2, 0.25) is 0 Å².